The lowest BCUT2D eigenvalue weighted by Crippen LogP contribution is -2.02. The average Bonchev–Trinajstić information content (AvgIpc) is 2.60. The van der Waals surface area contributed by atoms with Crippen molar-refractivity contribution in [3.8, 4) is 5.75 Å². The number of nitrogen functional groups attached to an aromatic ring is 1. The van der Waals surface area contributed by atoms with Gasteiger partial charge in [-0.05, 0) is 35.7 Å². The van der Waals surface area contributed by atoms with Gasteiger partial charge in [0.25, 0.3) is 20.2 Å². The van der Waals surface area contributed by atoms with E-state index >= 15 is 0 Å². The highest BCUT2D eigenvalue weighted by atomic mass is 32.2. The van der Waals surface area contributed by atoms with Gasteiger partial charge >= 0.3 is 0 Å². The van der Waals surface area contributed by atoms with Gasteiger partial charge in [-0.1, -0.05) is 12.1 Å². The van der Waals surface area contributed by atoms with Crippen molar-refractivity contribution >= 4 is 48.1 Å². The van der Waals surface area contributed by atoms with Crippen LogP contribution in [0, 0.1) is 5.82 Å². The van der Waals surface area contributed by atoms with E-state index in [4.69, 9.17) is 5.73 Å². The first kappa shape index (κ1) is 20.6. The Morgan fingerprint density at radius 1 is 0.931 bits per heavy atom. The summed E-state index contributed by atoms with van der Waals surface area (Å²) in [6.45, 7) is 0. The van der Waals surface area contributed by atoms with Crippen molar-refractivity contribution in [3.05, 3.63) is 48.3 Å². The highest BCUT2D eigenvalue weighted by Crippen LogP contribution is 2.44. The number of benzene rings is 3. The second-order valence-electron chi connectivity index (χ2n) is 5.78. The number of phenolic OH excluding ortho intramolecular Hbond substituents is 1. The highest BCUT2D eigenvalue weighted by molar-refractivity contribution is 7.86. The van der Waals surface area contributed by atoms with E-state index in [1.165, 1.54) is 18.2 Å². The summed E-state index contributed by atoms with van der Waals surface area (Å²) in [5.74, 6) is -1.63. The van der Waals surface area contributed by atoms with Crippen molar-refractivity contribution in [2.24, 2.45) is 10.2 Å². The molecule has 152 valence electrons. The van der Waals surface area contributed by atoms with E-state index in [-0.39, 0.29) is 22.1 Å². The first-order valence-corrected chi connectivity index (χ1v) is 10.5. The SMILES string of the molecule is Nc1cc(S(=O)(=O)O)cc2cc(S(=O)(=O)O)c(N=Nc3ccccc3F)c(O)c12. The first-order chi connectivity index (χ1) is 13.4. The third-order valence-electron chi connectivity index (χ3n) is 3.84. The van der Waals surface area contributed by atoms with Gasteiger partial charge in [0.15, 0.2) is 11.6 Å². The van der Waals surface area contributed by atoms with E-state index in [2.05, 4.69) is 10.2 Å². The molecule has 0 bridgehead atoms. The van der Waals surface area contributed by atoms with Crippen molar-refractivity contribution in [1.29, 1.82) is 0 Å². The standard InChI is InChI=1S/C16H12FN3O7S2/c17-10-3-1-2-4-12(10)19-20-15-13(29(25,26)27)6-8-5-9(28(22,23)24)7-11(18)14(8)16(15)21/h1-7,21H,18H2,(H,22,23,24)(H,25,26,27). The number of fused-ring (bicyclic) bond motifs is 1. The van der Waals surface area contributed by atoms with Crippen LogP contribution >= 0.6 is 0 Å². The van der Waals surface area contributed by atoms with Crippen molar-refractivity contribution in [3.63, 3.8) is 0 Å². The molecular formula is C16H12FN3O7S2. The van der Waals surface area contributed by atoms with Gasteiger partial charge in [-0.2, -0.15) is 16.8 Å². The summed E-state index contributed by atoms with van der Waals surface area (Å²) in [6.07, 6.45) is 0. The maximum Gasteiger partial charge on any atom is 0.296 e. The third kappa shape index (κ3) is 4.02. The van der Waals surface area contributed by atoms with Crippen LogP contribution in [0.3, 0.4) is 0 Å². The minimum Gasteiger partial charge on any atom is -0.505 e. The number of aromatic hydroxyl groups is 1. The molecule has 0 aromatic heterocycles. The quantitative estimate of drug-likeness (QED) is 0.271. The lowest BCUT2D eigenvalue weighted by molar-refractivity contribution is 0.472. The number of nitrogens with zero attached hydrogens (tertiary/aromatic N) is 2. The van der Waals surface area contributed by atoms with Crippen LogP contribution in [0.5, 0.6) is 5.75 Å². The molecule has 0 amide bonds. The Morgan fingerprint density at radius 3 is 2.17 bits per heavy atom. The number of rotatable bonds is 4. The number of anilines is 1. The molecule has 0 heterocycles. The lowest BCUT2D eigenvalue weighted by Gasteiger charge is -2.11. The Hall–Kier alpha value is -3.13. The molecule has 0 unspecified atom stereocenters. The van der Waals surface area contributed by atoms with Gasteiger partial charge in [-0.3, -0.25) is 9.11 Å². The lowest BCUT2D eigenvalue weighted by atomic mass is 10.1. The van der Waals surface area contributed by atoms with Gasteiger partial charge in [0, 0.05) is 11.1 Å². The number of nitrogens with two attached hydrogens (primary N) is 1. The zero-order valence-electron chi connectivity index (χ0n) is 14.2. The summed E-state index contributed by atoms with van der Waals surface area (Å²) in [4.78, 5) is -1.60. The minimum absolute atomic E-state index is 0.215. The summed E-state index contributed by atoms with van der Waals surface area (Å²) in [5, 5.41) is 17.1. The molecule has 0 saturated carbocycles. The summed E-state index contributed by atoms with van der Waals surface area (Å²) < 4.78 is 78.6. The van der Waals surface area contributed by atoms with Crippen molar-refractivity contribution in [2.45, 2.75) is 9.79 Å². The van der Waals surface area contributed by atoms with E-state index in [9.17, 15) is 35.4 Å². The first-order valence-electron chi connectivity index (χ1n) is 7.60. The molecule has 29 heavy (non-hydrogen) atoms. The largest absolute Gasteiger partial charge is 0.505 e. The van der Waals surface area contributed by atoms with Crippen LogP contribution in [-0.2, 0) is 20.2 Å². The molecule has 3 aromatic rings. The van der Waals surface area contributed by atoms with Gasteiger partial charge in [0.2, 0.25) is 0 Å². The van der Waals surface area contributed by atoms with Crippen molar-refractivity contribution in [2.75, 3.05) is 5.73 Å². The van der Waals surface area contributed by atoms with Crippen molar-refractivity contribution < 1.29 is 35.4 Å². The zero-order valence-corrected chi connectivity index (χ0v) is 15.8. The number of halogens is 1. The monoisotopic (exact) mass is 441 g/mol. The average molecular weight is 441 g/mol. The van der Waals surface area contributed by atoms with Gasteiger partial charge in [0.05, 0.1) is 4.90 Å². The minimum atomic E-state index is -4.98. The van der Waals surface area contributed by atoms with E-state index in [1.807, 2.05) is 0 Å². The fraction of sp³-hybridized carbons (Fsp3) is 0. The number of hydrogen-bond donors (Lipinski definition) is 4. The molecule has 0 atom stereocenters. The van der Waals surface area contributed by atoms with Crippen LogP contribution in [0.15, 0.2) is 62.5 Å². The van der Waals surface area contributed by atoms with Crippen LogP contribution in [0.25, 0.3) is 10.8 Å². The molecule has 3 aromatic carbocycles. The second-order valence-corrected chi connectivity index (χ2v) is 8.60. The Kier molecular flexibility index (Phi) is 5.00. The Labute approximate surface area is 163 Å². The Balaban J connectivity index is 2.36. The van der Waals surface area contributed by atoms with Gasteiger partial charge < -0.3 is 10.8 Å². The fourth-order valence-electron chi connectivity index (χ4n) is 2.57. The maximum absolute atomic E-state index is 13.7. The zero-order chi connectivity index (χ0) is 21.6. The van der Waals surface area contributed by atoms with Crippen LogP contribution < -0.4 is 5.73 Å². The maximum atomic E-state index is 13.7. The fourth-order valence-corrected chi connectivity index (χ4v) is 3.78. The Morgan fingerprint density at radius 2 is 1.59 bits per heavy atom. The summed E-state index contributed by atoms with van der Waals surface area (Å²) in [5.41, 5.74) is 4.38. The number of hydrogen-bond acceptors (Lipinski definition) is 8. The van der Waals surface area contributed by atoms with E-state index in [0.29, 0.717) is 0 Å². The van der Waals surface area contributed by atoms with E-state index < -0.39 is 47.3 Å². The normalized spacial score (nSPS) is 12.7. The predicted molar refractivity (Wildman–Crippen MR) is 100 cm³/mol. The number of phenols is 1. The molecule has 0 radical (unpaired) electrons. The molecule has 13 heteroatoms. The molecule has 10 nitrogen and oxygen atoms in total. The smallest absolute Gasteiger partial charge is 0.296 e. The molecule has 0 aliphatic heterocycles. The molecule has 0 aliphatic rings. The molecule has 5 N–H and O–H groups in total. The third-order valence-corrected chi connectivity index (χ3v) is 5.54. The van der Waals surface area contributed by atoms with Gasteiger partial charge in [-0.15, -0.1) is 10.2 Å². The highest BCUT2D eigenvalue weighted by Gasteiger charge is 2.24. The molecule has 0 aliphatic carbocycles. The second kappa shape index (κ2) is 7.04. The summed E-state index contributed by atoms with van der Waals surface area (Å²) in [6, 6.07) is 7.60. The summed E-state index contributed by atoms with van der Waals surface area (Å²) >= 11 is 0. The molecule has 0 fully saturated rings. The molecule has 3 rings (SSSR count). The van der Waals surface area contributed by atoms with Gasteiger partial charge in [-0.25, -0.2) is 4.39 Å². The van der Waals surface area contributed by atoms with Crippen LogP contribution in [0.4, 0.5) is 21.5 Å². The van der Waals surface area contributed by atoms with Gasteiger partial charge in [0.1, 0.15) is 16.3 Å². The molecule has 0 spiro atoms. The molecule has 0 saturated heterocycles. The summed E-state index contributed by atoms with van der Waals surface area (Å²) in [7, 11) is -9.68. The van der Waals surface area contributed by atoms with Crippen LogP contribution in [0.1, 0.15) is 0 Å². The van der Waals surface area contributed by atoms with E-state index in [1.54, 1.807) is 0 Å². The predicted octanol–water partition coefficient (Wildman–Crippen LogP) is 3.18. The van der Waals surface area contributed by atoms with Crippen LogP contribution in [0.2, 0.25) is 0 Å². The molecular weight excluding hydrogens is 429 g/mol. The van der Waals surface area contributed by atoms with Crippen LogP contribution in [-0.4, -0.2) is 31.0 Å². The van der Waals surface area contributed by atoms with Crippen molar-refractivity contribution in [1.82, 2.24) is 0 Å². The Bertz CT molecular complexity index is 1390. The number of azo groups is 1. The topological polar surface area (TPSA) is 180 Å². The van der Waals surface area contributed by atoms with E-state index in [0.717, 1.165) is 24.3 Å².